The fourth-order valence-corrected chi connectivity index (χ4v) is 2.83. The second-order valence-electron chi connectivity index (χ2n) is 6.02. The van der Waals surface area contributed by atoms with Crippen LogP contribution in [0.25, 0.3) is 17.1 Å². The molecule has 0 N–H and O–H groups in total. The Labute approximate surface area is 161 Å². The summed E-state index contributed by atoms with van der Waals surface area (Å²) >= 11 is 0. The number of ether oxygens (including phenoxy) is 2. The second kappa shape index (κ2) is 8.65. The highest BCUT2D eigenvalue weighted by Gasteiger charge is 2.23. The first-order valence-corrected chi connectivity index (χ1v) is 8.86. The molecule has 146 valence electrons. The molecule has 0 saturated heterocycles. The van der Waals surface area contributed by atoms with Crippen LogP contribution in [0.3, 0.4) is 0 Å². The van der Waals surface area contributed by atoms with E-state index >= 15 is 0 Å². The van der Waals surface area contributed by atoms with Gasteiger partial charge < -0.3 is 9.47 Å². The zero-order valence-corrected chi connectivity index (χ0v) is 15.5. The summed E-state index contributed by atoms with van der Waals surface area (Å²) in [6, 6.07) is 13.7. The number of halogens is 2. The maximum absolute atomic E-state index is 13.5. The molecule has 1 atom stereocenters. The van der Waals surface area contributed by atoms with Crippen LogP contribution in [0.1, 0.15) is 37.9 Å². The van der Waals surface area contributed by atoms with E-state index in [2.05, 4.69) is 4.98 Å². The number of imidazole rings is 1. The minimum absolute atomic E-state index is 0.000910. The van der Waals surface area contributed by atoms with Crippen LogP contribution < -0.4 is 4.74 Å². The number of benzene rings is 2. The Morgan fingerprint density at radius 1 is 1.18 bits per heavy atom. The Bertz CT molecular complexity index is 981. The van der Waals surface area contributed by atoms with Gasteiger partial charge in [-0.2, -0.15) is 8.78 Å². The van der Waals surface area contributed by atoms with Crippen molar-refractivity contribution in [1.29, 1.82) is 0 Å². The molecule has 7 heteroatoms. The Kier molecular flexibility index (Phi) is 6.03. The van der Waals surface area contributed by atoms with Gasteiger partial charge in [0.15, 0.2) is 11.9 Å². The standard InChI is InChI=1S/C21H20F2N2O3/c1-3-27-16-11-8-15(9-12-16)10-13-19(26)28-14(2)20-24-17-6-4-5-7-18(17)25(20)21(22)23/h4-14,21H,3H2,1-2H3/b13-10+. The van der Waals surface area contributed by atoms with E-state index in [1.165, 1.54) is 13.0 Å². The molecule has 0 amide bonds. The van der Waals surface area contributed by atoms with Gasteiger partial charge in [-0.15, -0.1) is 0 Å². The maximum Gasteiger partial charge on any atom is 0.331 e. The van der Waals surface area contributed by atoms with Crippen LogP contribution in [0.2, 0.25) is 0 Å². The van der Waals surface area contributed by atoms with Gasteiger partial charge in [0, 0.05) is 6.08 Å². The molecular formula is C21H20F2N2O3. The van der Waals surface area contributed by atoms with E-state index in [-0.39, 0.29) is 5.82 Å². The lowest BCUT2D eigenvalue weighted by Gasteiger charge is -2.14. The predicted octanol–water partition coefficient (Wildman–Crippen LogP) is 5.15. The van der Waals surface area contributed by atoms with Crippen molar-refractivity contribution in [3.05, 3.63) is 66.0 Å². The molecule has 0 bridgehead atoms. The third kappa shape index (κ3) is 4.36. The van der Waals surface area contributed by atoms with E-state index in [4.69, 9.17) is 9.47 Å². The van der Waals surface area contributed by atoms with Gasteiger partial charge >= 0.3 is 12.5 Å². The quantitative estimate of drug-likeness (QED) is 0.416. The Morgan fingerprint density at radius 3 is 2.57 bits per heavy atom. The molecule has 1 unspecified atom stereocenters. The number of aromatic nitrogens is 2. The van der Waals surface area contributed by atoms with Crippen LogP contribution in [0.5, 0.6) is 5.75 Å². The summed E-state index contributed by atoms with van der Waals surface area (Å²) in [4.78, 5) is 16.3. The smallest absolute Gasteiger partial charge is 0.331 e. The van der Waals surface area contributed by atoms with Crippen molar-refractivity contribution < 1.29 is 23.0 Å². The average Bonchev–Trinajstić information content (AvgIpc) is 3.08. The molecule has 0 spiro atoms. The van der Waals surface area contributed by atoms with Crippen molar-refractivity contribution >= 4 is 23.1 Å². The largest absolute Gasteiger partial charge is 0.494 e. The molecule has 0 saturated carbocycles. The van der Waals surface area contributed by atoms with E-state index in [1.54, 1.807) is 54.6 Å². The first-order valence-electron chi connectivity index (χ1n) is 8.86. The summed E-state index contributed by atoms with van der Waals surface area (Å²) in [7, 11) is 0. The number of fused-ring (bicyclic) bond motifs is 1. The summed E-state index contributed by atoms with van der Waals surface area (Å²) in [6.45, 7) is 1.20. The highest BCUT2D eigenvalue weighted by Crippen LogP contribution is 2.28. The summed E-state index contributed by atoms with van der Waals surface area (Å²) in [5, 5.41) is 0. The molecule has 2 aromatic carbocycles. The highest BCUT2D eigenvalue weighted by molar-refractivity contribution is 5.87. The molecule has 0 aliphatic carbocycles. The predicted molar refractivity (Wildman–Crippen MR) is 102 cm³/mol. The lowest BCUT2D eigenvalue weighted by atomic mass is 10.2. The summed E-state index contributed by atoms with van der Waals surface area (Å²) in [5.41, 5.74) is 1.50. The van der Waals surface area contributed by atoms with Crippen molar-refractivity contribution in [2.75, 3.05) is 6.61 Å². The Morgan fingerprint density at radius 2 is 1.89 bits per heavy atom. The molecule has 28 heavy (non-hydrogen) atoms. The van der Waals surface area contributed by atoms with Crippen molar-refractivity contribution in [3.8, 4) is 5.75 Å². The van der Waals surface area contributed by atoms with Gasteiger partial charge in [-0.25, -0.2) is 9.78 Å². The number of rotatable bonds is 7. The number of nitrogens with zero attached hydrogens (tertiary/aromatic N) is 2. The van der Waals surface area contributed by atoms with Gasteiger partial charge in [0.05, 0.1) is 17.6 Å². The van der Waals surface area contributed by atoms with Crippen LogP contribution in [0.4, 0.5) is 8.78 Å². The van der Waals surface area contributed by atoms with Crippen molar-refractivity contribution in [1.82, 2.24) is 9.55 Å². The van der Waals surface area contributed by atoms with Gasteiger partial charge in [0.1, 0.15) is 5.75 Å². The molecular weight excluding hydrogens is 366 g/mol. The SMILES string of the molecule is CCOc1ccc(/C=C/C(=O)OC(C)c2nc3ccccc3n2C(F)F)cc1. The number of alkyl halides is 2. The van der Waals surface area contributed by atoms with Gasteiger partial charge in [-0.1, -0.05) is 24.3 Å². The van der Waals surface area contributed by atoms with Crippen molar-refractivity contribution in [3.63, 3.8) is 0 Å². The number of hydrogen-bond donors (Lipinski definition) is 0. The number of esters is 1. The van der Waals surface area contributed by atoms with Crippen LogP contribution >= 0.6 is 0 Å². The number of hydrogen-bond acceptors (Lipinski definition) is 4. The van der Waals surface area contributed by atoms with Crippen LogP contribution in [-0.2, 0) is 9.53 Å². The highest BCUT2D eigenvalue weighted by atomic mass is 19.3. The van der Waals surface area contributed by atoms with Crippen LogP contribution in [0, 0.1) is 0 Å². The van der Waals surface area contributed by atoms with Gasteiger partial charge in [-0.3, -0.25) is 4.57 Å². The van der Waals surface area contributed by atoms with Crippen molar-refractivity contribution in [2.24, 2.45) is 0 Å². The molecule has 5 nitrogen and oxygen atoms in total. The zero-order valence-electron chi connectivity index (χ0n) is 15.5. The lowest BCUT2D eigenvalue weighted by molar-refractivity contribution is -0.143. The third-order valence-corrected chi connectivity index (χ3v) is 4.08. The lowest BCUT2D eigenvalue weighted by Crippen LogP contribution is -2.13. The fraction of sp³-hybridized carbons (Fsp3) is 0.238. The van der Waals surface area contributed by atoms with E-state index < -0.39 is 18.6 Å². The van der Waals surface area contributed by atoms with E-state index in [0.717, 1.165) is 15.9 Å². The first kappa shape index (κ1) is 19.5. The summed E-state index contributed by atoms with van der Waals surface area (Å²) in [6.07, 6.45) is 1.90. The molecule has 3 rings (SSSR count). The number of carbonyl (C=O) groups is 1. The van der Waals surface area contributed by atoms with E-state index in [1.807, 2.05) is 6.92 Å². The number of carbonyl (C=O) groups excluding carboxylic acids is 1. The first-order chi connectivity index (χ1) is 13.5. The molecule has 0 aliphatic heterocycles. The monoisotopic (exact) mass is 386 g/mol. The number of para-hydroxylation sites is 2. The summed E-state index contributed by atoms with van der Waals surface area (Å²) < 4.78 is 38.4. The Balaban J connectivity index is 1.72. The average molecular weight is 386 g/mol. The maximum atomic E-state index is 13.5. The minimum atomic E-state index is -2.79. The van der Waals surface area contributed by atoms with Gasteiger partial charge in [-0.05, 0) is 49.8 Å². The second-order valence-corrected chi connectivity index (χ2v) is 6.02. The molecule has 0 radical (unpaired) electrons. The van der Waals surface area contributed by atoms with Crippen LogP contribution in [0.15, 0.2) is 54.6 Å². The third-order valence-electron chi connectivity index (χ3n) is 4.08. The van der Waals surface area contributed by atoms with E-state index in [0.29, 0.717) is 17.6 Å². The molecule has 3 aromatic rings. The Hall–Kier alpha value is -3.22. The topological polar surface area (TPSA) is 53.4 Å². The fourth-order valence-electron chi connectivity index (χ4n) is 2.83. The van der Waals surface area contributed by atoms with Crippen molar-refractivity contribution in [2.45, 2.75) is 26.5 Å². The summed E-state index contributed by atoms with van der Waals surface area (Å²) in [5.74, 6) is 0.0926. The molecule has 0 aliphatic rings. The minimum Gasteiger partial charge on any atom is -0.494 e. The zero-order chi connectivity index (χ0) is 20.1. The normalized spacial score (nSPS) is 12.6. The van der Waals surface area contributed by atoms with Gasteiger partial charge in [0.2, 0.25) is 0 Å². The molecule has 1 heterocycles. The van der Waals surface area contributed by atoms with E-state index in [9.17, 15) is 13.6 Å². The molecule has 0 fully saturated rings. The van der Waals surface area contributed by atoms with Gasteiger partial charge in [0.25, 0.3) is 0 Å². The van der Waals surface area contributed by atoms with Crippen LogP contribution in [-0.4, -0.2) is 22.1 Å². The molecule has 1 aromatic heterocycles.